The lowest BCUT2D eigenvalue weighted by Gasteiger charge is -2.31. The minimum absolute atomic E-state index is 0.0342. The van der Waals surface area contributed by atoms with Crippen LogP contribution in [-0.2, 0) is 14.3 Å². The van der Waals surface area contributed by atoms with Gasteiger partial charge in [0.05, 0.1) is 26.1 Å². The summed E-state index contributed by atoms with van der Waals surface area (Å²) in [6.07, 6.45) is -2.49. The zero-order valence-electron chi connectivity index (χ0n) is 16.1. The first-order chi connectivity index (χ1) is 13.7. The highest BCUT2D eigenvalue weighted by atomic mass is 19.4. The van der Waals surface area contributed by atoms with E-state index >= 15 is 0 Å². The van der Waals surface area contributed by atoms with Gasteiger partial charge in [0, 0.05) is 38.7 Å². The van der Waals surface area contributed by atoms with E-state index in [-0.39, 0.29) is 11.3 Å². The number of hydrogen-bond acceptors (Lipinski definition) is 6. The lowest BCUT2D eigenvalue weighted by Crippen LogP contribution is -2.43. The van der Waals surface area contributed by atoms with Crippen LogP contribution in [0.5, 0.6) is 0 Å². The summed E-state index contributed by atoms with van der Waals surface area (Å²) in [5.41, 5.74) is 0.0342. The highest BCUT2D eigenvalue weighted by molar-refractivity contribution is 5.91. The number of methoxy groups -OCH3 is 1. The second-order valence-corrected chi connectivity index (χ2v) is 7.08. The van der Waals surface area contributed by atoms with Crippen molar-refractivity contribution in [3.63, 3.8) is 0 Å². The van der Waals surface area contributed by atoms with Crippen LogP contribution < -0.4 is 0 Å². The number of halogens is 3. The summed E-state index contributed by atoms with van der Waals surface area (Å²) in [5.74, 6) is -2.39. The Labute approximate surface area is 166 Å². The van der Waals surface area contributed by atoms with E-state index < -0.39 is 12.1 Å². The normalized spacial score (nSPS) is 22.8. The van der Waals surface area contributed by atoms with Gasteiger partial charge in [0.15, 0.2) is 5.76 Å². The molecule has 2 aliphatic heterocycles. The van der Waals surface area contributed by atoms with Gasteiger partial charge >= 0.3 is 12.1 Å². The number of amides is 1. The Morgan fingerprint density at radius 1 is 1.31 bits per heavy atom. The Morgan fingerprint density at radius 3 is 2.62 bits per heavy atom. The van der Waals surface area contributed by atoms with Crippen molar-refractivity contribution in [1.82, 2.24) is 9.80 Å². The standard InChI is InChI=1S/C16H24N2O4.C2HF3O2/c1-20-9-6-17-5-4-16(11-17)12-18(7-10-21-13-16)15(19)14-3-2-8-22-14;3-2(4,5)1(6)7/h2-3,8H,4-7,9-13H2,1H3;(H,6,7). The van der Waals surface area contributed by atoms with Crippen LogP contribution >= 0.6 is 0 Å². The molecule has 0 radical (unpaired) electrons. The van der Waals surface area contributed by atoms with Crippen LogP contribution in [0.2, 0.25) is 0 Å². The molecule has 0 aliphatic carbocycles. The maximum Gasteiger partial charge on any atom is 0.490 e. The second-order valence-electron chi connectivity index (χ2n) is 7.08. The van der Waals surface area contributed by atoms with Crippen molar-refractivity contribution in [2.75, 3.05) is 59.7 Å². The van der Waals surface area contributed by atoms with Gasteiger partial charge in [-0.2, -0.15) is 13.2 Å². The highest BCUT2D eigenvalue weighted by Gasteiger charge is 2.42. The minimum Gasteiger partial charge on any atom is -0.475 e. The molecule has 3 rings (SSSR count). The molecule has 0 aromatic carbocycles. The Morgan fingerprint density at radius 2 is 2.03 bits per heavy atom. The van der Waals surface area contributed by atoms with E-state index in [1.165, 1.54) is 0 Å². The summed E-state index contributed by atoms with van der Waals surface area (Å²) in [5, 5.41) is 7.12. The van der Waals surface area contributed by atoms with Gasteiger partial charge in [0.25, 0.3) is 5.91 Å². The molecule has 1 aromatic heterocycles. The monoisotopic (exact) mass is 422 g/mol. The number of nitrogens with zero attached hydrogens (tertiary/aromatic N) is 2. The van der Waals surface area contributed by atoms with E-state index in [9.17, 15) is 18.0 Å². The third-order valence-corrected chi connectivity index (χ3v) is 4.83. The number of carbonyl (C=O) groups is 2. The van der Waals surface area contributed by atoms with Gasteiger partial charge in [0.1, 0.15) is 0 Å². The van der Waals surface area contributed by atoms with E-state index in [4.69, 9.17) is 23.8 Å². The number of rotatable bonds is 4. The van der Waals surface area contributed by atoms with Crippen LogP contribution in [0, 0.1) is 5.41 Å². The average Bonchev–Trinajstić information content (AvgIpc) is 3.27. The molecule has 29 heavy (non-hydrogen) atoms. The molecule has 2 aliphatic rings. The molecule has 8 nitrogen and oxygen atoms in total. The molecule has 1 spiro atoms. The second kappa shape index (κ2) is 10.1. The molecule has 1 amide bonds. The van der Waals surface area contributed by atoms with Crippen LogP contribution in [0.15, 0.2) is 22.8 Å². The molecular weight excluding hydrogens is 397 g/mol. The largest absolute Gasteiger partial charge is 0.490 e. The van der Waals surface area contributed by atoms with Crippen LogP contribution in [0.25, 0.3) is 0 Å². The van der Waals surface area contributed by atoms with Crippen molar-refractivity contribution in [3.8, 4) is 0 Å². The number of ether oxygens (including phenoxy) is 2. The van der Waals surface area contributed by atoms with Gasteiger partial charge in [-0.3, -0.25) is 4.79 Å². The first-order valence-electron chi connectivity index (χ1n) is 9.09. The quantitative estimate of drug-likeness (QED) is 0.790. The van der Waals surface area contributed by atoms with E-state index in [2.05, 4.69) is 4.90 Å². The fraction of sp³-hybridized carbons (Fsp3) is 0.667. The number of hydrogen-bond donors (Lipinski definition) is 1. The summed E-state index contributed by atoms with van der Waals surface area (Å²) >= 11 is 0. The fourth-order valence-corrected chi connectivity index (χ4v) is 3.41. The number of alkyl halides is 3. The SMILES string of the molecule is COCCN1CCC2(COCCN(C(=O)c3ccco3)C2)C1.O=C(O)C(F)(F)F. The van der Waals surface area contributed by atoms with E-state index in [1.54, 1.807) is 25.5 Å². The maximum absolute atomic E-state index is 12.6. The average molecular weight is 422 g/mol. The Kier molecular flexibility index (Phi) is 8.05. The molecule has 1 atom stereocenters. The topological polar surface area (TPSA) is 92.5 Å². The van der Waals surface area contributed by atoms with Crippen LogP contribution in [0.4, 0.5) is 13.2 Å². The van der Waals surface area contributed by atoms with Crippen molar-refractivity contribution < 1.29 is 41.8 Å². The van der Waals surface area contributed by atoms with Crippen molar-refractivity contribution in [1.29, 1.82) is 0 Å². The lowest BCUT2D eigenvalue weighted by atomic mass is 9.87. The van der Waals surface area contributed by atoms with Crippen molar-refractivity contribution in [2.45, 2.75) is 12.6 Å². The number of carboxylic acid groups (broad SMARTS) is 1. The molecule has 1 aromatic rings. The van der Waals surface area contributed by atoms with Crippen molar-refractivity contribution in [2.24, 2.45) is 5.41 Å². The molecule has 164 valence electrons. The van der Waals surface area contributed by atoms with Gasteiger partial charge in [-0.1, -0.05) is 0 Å². The molecular formula is C18H25F3N2O6. The molecule has 0 bridgehead atoms. The van der Waals surface area contributed by atoms with Gasteiger partial charge < -0.3 is 28.8 Å². The van der Waals surface area contributed by atoms with Crippen LogP contribution in [0.3, 0.4) is 0 Å². The van der Waals surface area contributed by atoms with E-state index in [1.807, 2.05) is 4.90 Å². The van der Waals surface area contributed by atoms with Gasteiger partial charge in [-0.25, -0.2) is 4.79 Å². The number of likely N-dealkylation sites (tertiary alicyclic amines) is 1. The lowest BCUT2D eigenvalue weighted by molar-refractivity contribution is -0.192. The van der Waals surface area contributed by atoms with Crippen molar-refractivity contribution >= 4 is 11.9 Å². The molecule has 11 heteroatoms. The molecule has 0 saturated carbocycles. The predicted octanol–water partition coefficient (Wildman–Crippen LogP) is 1.72. The van der Waals surface area contributed by atoms with Crippen molar-refractivity contribution in [3.05, 3.63) is 24.2 Å². The van der Waals surface area contributed by atoms with Crippen LogP contribution in [0.1, 0.15) is 17.0 Å². The molecule has 2 saturated heterocycles. The zero-order valence-corrected chi connectivity index (χ0v) is 16.1. The molecule has 1 N–H and O–H groups in total. The first kappa shape index (κ1) is 23.2. The highest BCUT2D eigenvalue weighted by Crippen LogP contribution is 2.33. The number of carboxylic acids is 1. The van der Waals surface area contributed by atoms with E-state index in [0.29, 0.717) is 18.9 Å². The van der Waals surface area contributed by atoms with E-state index in [0.717, 1.165) is 45.8 Å². The zero-order chi connectivity index (χ0) is 21.5. The van der Waals surface area contributed by atoms with Gasteiger partial charge in [0.2, 0.25) is 0 Å². The maximum atomic E-state index is 12.6. The minimum atomic E-state index is -5.08. The third kappa shape index (κ3) is 6.72. The molecule has 2 fully saturated rings. The molecule has 3 heterocycles. The summed E-state index contributed by atoms with van der Waals surface area (Å²) in [6, 6.07) is 3.47. The Bertz CT molecular complexity index is 667. The van der Waals surface area contributed by atoms with Gasteiger partial charge in [-0.15, -0.1) is 0 Å². The third-order valence-electron chi connectivity index (χ3n) is 4.83. The summed E-state index contributed by atoms with van der Waals surface area (Å²) in [7, 11) is 1.73. The predicted molar refractivity (Wildman–Crippen MR) is 94.5 cm³/mol. The Hall–Kier alpha value is -2.11. The molecule has 1 unspecified atom stereocenters. The Balaban J connectivity index is 0.000000370. The number of furan rings is 1. The number of aliphatic carboxylic acids is 1. The smallest absolute Gasteiger partial charge is 0.475 e. The summed E-state index contributed by atoms with van der Waals surface area (Å²) in [4.78, 5) is 25.7. The fourth-order valence-electron chi connectivity index (χ4n) is 3.41. The van der Waals surface area contributed by atoms with Gasteiger partial charge in [-0.05, 0) is 25.1 Å². The van der Waals surface area contributed by atoms with Crippen LogP contribution in [-0.4, -0.2) is 92.6 Å². The summed E-state index contributed by atoms with van der Waals surface area (Å²) in [6.45, 7) is 6.34. The first-order valence-corrected chi connectivity index (χ1v) is 9.09. The number of carbonyl (C=O) groups excluding carboxylic acids is 1. The summed E-state index contributed by atoms with van der Waals surface area (Å²) < 4.78 is 48.0.